The van der Waals surface area contributed by atoms with Gasteiger partial charge in [-0.1, -0.05) is 30.3 Å². The van der Waals surface area contributed by atoms with Crippen molar-refractivity contribution in [2.75, 3.05) is 26.2 Å². The van der Waals surface area contributed by atoms with Gasteiger partial charge in [0.2, 0.25) is 0 Å². The van der Waals surface area contributed by atoms with Crippen molar-refractivity contribution >= 4 is 6.03 Å². The van der Waals surface area contributed by atoms with Gasteiger partial charge in [-0.15, -0.1) is 0 Å². The topological polar surface area (TPSA) is 44.8 Å². The molecule has 0 atom stereocenters. The lowest BCUT2D eigenvalue weighted by atomic mass is 10.0. The van der Waals surface area contributed by atoms with Gasteiger partial charge < -0.3 is 15.0 Å². The van der Waals surface area contributed by atoms with E-state index in [0.717, 1.165) is 58.4 Å². The summed E-state index contributed by atoms with van der Waals surface area (Å²) in [7, 11) is 0. The standard InChI is InChI=1S/C21H33N3O2/c1-17(2)22-21(25)24-14-10-20(11-15-24)26-19-8-12-23(13-9-19)16-18-6-4-3-5-7-18/h3-7,17,19-20H,8-16H2,1-2H3,(H,22,25). The van der Waals surface area contributed by atoms with E-state index in [-0.39, 0.29) is 12.1 Å². The first-order chi connectivity index (χ1) is 12.6. The van der Waals surface area contributed by atoms with Crippen LogP contribution in [-0.2, 0) is 11.3 Å². The summed E-state index contributed by atoms with van der Waals surface area (Å²) in [6, 6.07) is 10.9. The second-order valence-electron chi connectivity index (χ2n) is 7.89. The smallest absolute Gasteiger partial charge is 0.317 e. The second kappa shape index (κ2) is 9.38. The molecule has 0 spiro atoms. The number of rotatable bonds is 5. The van der Waals surface area contributed by atoms with Gasteiger partial charge in [-0.05, 0) is 45.1 Å². The number of urea groups is 1. The lowest BCUT2D eigenvalue weighted by molar-refractivity contribution is -0.0620. The molecule has 3 rings (SSSR count). The second-order valence-corrected chi connectivity index (χ2v) is 7.89. The van der Waals surface area contributed by atoms with Crippen LogP contribution in [0, 0.1) is 0 Å². The first-order valence-corrected chi connectivity index (χ1v) is 10.1. The predicted molar refractivity (Wildman–Crippen MR) is 104 cm³/mol. The SMILES string of the molecule is CC(C)NC(=O)N1CCC(OC2CCN(Cc3ccccc3)CC2)CC1. The third-order valence-electron chi connectivity index (χ3n) is 5.31. The van der Waals surface area contributed by atoms with E-state index in [4.69, 9.17) is 4.74 Å². The summed E-state index contributed by atoms with van der Waals surface area (Å²) in [6.45, 7) is 8.85. The molecule has 5 heteroatoms. The van der Waals surface area contributed by atoms with Crippen molar-refractivity contribution in [2.45, 2.75) is 64.3 Å². The lowest BCUT2D eigenvalue weighted by Crippen LogP contribution is -2.48. The van der Waals surface area contributed by atoms with Crippen LogP contribution in [-0.4, -0.2) is 60.3 Å². The van der Waals surface area contributed by atoms with Crippen molar-refractivity contribution in [3.8, 4) is 0 Å². The summed E-state index contributed by atoms with van der Waals surface area (Å²) in [5.74, 6) is 0. The molecule has 0 saturated carbocycles. The van der Waals surface area contributed by atoms with Crippen LogP contribution in [0.15, 0.2) is 30.3 Å². The first kappa shape index (κ1) is 19.2. The first-order valence-electron chi connectivity index (χ1n) is 10.1. The third-order valence-corrected chi connectivity index (χ3v) is 5.31. The van der Waals surface area contributed by atoms with Crippen molar-refractivity contribution in [2.24, 2.45) is 0 Å². The van der Waals surface area contributed by atoms with Crippen LogP contribution in [0.4, 0.5) is 4.79 Å². The molecule has 2 heterocycles. The molecule has 2 fully saturated rings. The van der Waals surface area contributed by atoms with E-state index in [1.54, 1.807) is 0 Å². The van der Waals surface area contributed by atoms with Gasteiger partial charge in [0.1, 0.15) is 0 Å². The number of carbonyl (C=O) groups is 1. The summed E-state index contributed by atoms with van der Waals surface area (Å²) in [5, 5.41) is 2.97. The molecule has 0 aliphatic carbocycles. The monoisotopic (exact) mass is 359 g/mol. The molecule has 0 aromatic heterocycles. The van der Waals surface area contributed by atoms with Crippen LogP contribution in [0.2, 0.25) is 0 Å². The Hall–Kier alpha value is -1.59. The van der Waals surface area contributed by atoms with E-state index < -0.39 is 0 Å². The van der Waals surface area contributed by atoms with E-state index in [1.807, 2.05) is 18.7 Å². The quantitative estimate of drug-likeness (QED) is 0.878. The molecule has 0 bridgehead atoms. The molecule has 2 amide bonds. The summed E-state index contributed by atoms with van der Waals surface area (Å²) in [4.78, 5) is 16.5. The molecule has 5 nitrogen and oxygen atoms in total. The Morgan fingerprint density at radius 3 is 2.19 bits per heavy atom. The Balaban J connectivity index is 1.35. The third kappa shape index (κ3) is 5.71. The van der Waals surface area contributed by atoms with Gasteiger partial charge in [0.15, 0.2) is 0 Å². The molecule has 2 aliphatic rings. The number of ether oxygens (including phenoxy) is 1. The van der Waals surface area contributed by atoms with Gasteiger partial charge in [0, 0.05) is 38.8 Å². The highest BCUT2D eigenvalue weighted by molar-refractivity contribution is 5.74. The maximum absolute atomic E-state index is 12.1. The summed E-state index contributed by atoms with van der Waals surface area (Å²) >= 11 is 0. The maximum atomic E-state index is 12.1. The Morgan fingerprint density at radius 2 is 1.62 bits per heavy atom. The molecule has 1 aromatic carbocycles. The Morgan fingerprint density at radius 1 is 1.04 bits per heavy atom. The van der Waals surface area contributed by atoms with Crippen molar-refractivity contribution in [3.05, 3.63) is 35.9 Å². The minimum atomic E-state index is 0.0627. The van der Waals surface area contributed by atoms with Gasteiger partial charge in [0.05, 0.1) is 12.2 Å². The molecule has 0 radical (unpaired) electrons. The largest absolute Gasteiger partial charge is 0.375 e. The number of hydrogen-bond donors (Lipinski definition) is 1. The minimum Gasteiger partial charge on any atom is -0.375 e. The molecular weight excluding hydrogens is 326 g/mol. The predicted octanol–water partition coefficient (Wildman–Crippen LogP) is 3.25. The molecule has 1 N–H and O–H groups in total. The molecule has 2 aliphatic heterocycles. The highest BCUT2D eigenvalue weighted by atomic mass is 16.5. The zero-order valence-corrected chi connectivity index (χ0v) is 16.2. The van der Waals surface area contributed by atoms with Crippen LogP contribution in [0.25, 0.3) is 0 Å². The van der Waals surface area contributed by atoms with Gasteiger partial charge in [-0.25, -0.2) is 4.79 Å². The minimum absolute atomic E-state index is 0.0627. The molecule has 1 aromatic rings. The van der Waals surface area contributed by atoms with E-state index in [0.29, 0.717) is 12.2 Å². The number of hydrogen-bond acceptors (Lipinski definition) is 3. The fourth-order valence-corrected chi connectivity index (χ4v) is 3.85. The van der Waals surface area contributed by atoms with Gasteiger partial charge in [-0.3, -0.25) is 4.90 Å². The molecule has 2 saturated heterocycles. The number of likely N-dealkylation sites (tertiary alicyclic amines) is 2. The summed E-state index contributed by atoms with van der Waals surface area (Å²) in [6.07, 6.45) is 4.82. The average molecular weight is 360 g/mol. The van der Waals surface area contributed by atoms with Crippen LogP contribution in [0.1, 0.15) is 45.1 Å². The van der Waals surface area contributed by atoms with Crippen molar-refractivity contribution in [3.63, 3.8) is 0 Å². The molecule has 26 heavy (non-hydrogen) atoms. The van der Waals surface area contributed by atoms with Gasteiger partial charge in [-0.2, -0.15) is 0 Å². The zero-order valence-electron chi connectivity index (χ0n) is 16.2. The highest BCUT2D eigenvalue weighted by Crippen LogP contribution is 2.22. The number of carbonyl (C=O) groups excluding carboxylic acids is 1. The van der Waals surface area contributed by atoms with Crippen molar-refractivity contribution in [1.29, 1.82) is 0 Å². The van der Waals surface area contributed by atoms with E-state index in [1.165, 1.54) is 5.56 Å². The van der Waals surface area contributed by atoms with E-state index >= 15 is 0 Å². The highest BCUT2D eigenvalue weighted by Gasteiger charge is 2.27. The maximum Gasteiger partial charge on any atom is 0.317 e. The number of piperidine rings is 2. The van der Waals surface area contributed by atoms with E-state index in [2.05, 4.69) is 40.5 Å². The van der Waals surface area contributed by atoms with Crippen LogP contribution in [0.5, 0.6) is 0 Å². The fourth-order valence-electron chi connectivity index (χ4n) is 3.85. The summed E-state index contributed by atoms with van der Waals surface area (Å²) < 4.78 is 6.35. The van der Waals surface area contributed by atoms with Crippen LogP contribution in [0.3, 0.4) is 0 Å². The normalized spacial score (nSPS) is 20.5. The van der Waals surface area contributed by atoms with Gasteiger partial charge in [0.25, 0.3) is 0 Å². The number of amides is 2. The zero-order chi connectivity index (χ0) is 18.4. The molecule has 144 valence electrons. The number of nitrogens with zero attached hydrogens (tertiary/aromatic N) is 2. The number of benzene rings is 1. The lowest BCUT2D eigenvalue weighted by Gasteiger charge is -2.37. The fraction of sp³-hybridized carbons (Fsp3) is 0.667. The number of nitrogens with one attached hydrogen (secondary N) is 1. The average Bonchev–Trinajstić information content (AvgIpc) is 2.64. The van der Waals surface area contributed by atoms with E-state index in [9.17, 15) is 4.79 Å². The molecular formula is C21H33N3O2. The Bertz CT molecular complexity index is 548. The van der Waals surface area contributed by atoms with Gasteiger partial charge >= 0.3 is 6.03 Å². The van der Waals surface area contributed by atoms with Crippen molar-refractivity contribution < 1.29 is 9.53 Å². The Labute approximate surface area is 157 Å². The molecule has 0 unspecified atom stereocenters. The van der Waals surface area contributed by atoms with Crippen molar-refractivity contribution in [1.82, 2.24) is 15.1 Å². The van der Waals surface area contributed by atoms with Crippen LogP contribution >= 0.6 is 0 Å². The summed E-state index contributed by atoms with van der Waals surface area (Å²) in [5.41, 5.74) is 1.39. The van der Waals surface area contributed by atoms with Crippen LogP contribution < -0.4 is 5.32 Å². The Kier molecular flexibility index (Phi) is 6.92.